The fraction of sp³-hybridized carbons (Fsp3) is 0.294. The van der Waals surface area contributed by atoms with E-state index >= 15 is 0 Å². The van der Waals surface area contributed by atoms with Crippen LogP contribution in [-0.2, 0) is 21.2 Å². The van der Waals surface area contributed by atoms with E-state index in [2.05, 4.69) is 0 Å². The summed E-state index contributed by atoms with van der Waals surface area (Å²) in [6.07, 6.45) is 1.54. The Bertz CT molecular complexity index is 985. The zero-order chi connectivity index (χ0) is 19.5. The van der Waals surface area contributed by atoms with E-state index in [-0.39, 0.29) is 18.5 Å². The van der Waals surface area contributed by atoms with E-state index in [0.717, 1.165) is 28.6 Å². The first-order chi connectivity index (χ1) is 12.1. The Hall–Kier alpha value is -2.52. The van der Waals surface area contributed by atoms with Crippen molar-refractivity contribution in [2.24, 2.45) is 0 Å². The summed E-state index contributed by atoms with van der Waals surface area (Å²) in [4.78, 5) is 23.8. The molecule has 1 aromatic heterocycles. The first-order valence-corrected chi connectivity index (χ1v) is 9.69. The number of amides is 1. The number of carbonyl (C=O) groups is 1. The maximum absolute atomic E-state index is 14.4. The van der Waals surface area contributed by atoms with Crippen molar-refractivity contribution in [1.29, 1.82) is 0 Å². The van der Waals surface area contributed by atoms with E-state index in [1.807, 2.05) is 13.0 Å². The average Bonchev–Trinajstić information content (AvgIpc) is 2.56. The van der Waals surface area contributed by atoms with Crippen LogP contribution >= 0.6 is 0 Å². The van der Waals surface area contributed by atoms with Gasteiger partial charge in [0, 0.05) is 30.6 Å². The summed E-state index contributed by atoms with van der Waals surface area (Å²) in [6.45, 7) is 1.65. The van der Waals surface area contributed by atoms with Gasteiger partial charge in [-0.05, 0) is 18.9 Å². The van der Waals surface area contributed by atoms with E-state index in [1.165, 1.54) is 5.48 Å². The molecule has 0 aliphatic carbocycles. The van der Waals surface area contributed by atoms with Gasteiger partial charge < -0.3 is 4.57 Å². The van der Waals surface area contributed by atoms with Gasteiger partial charge in [-0.1, -0.05) is 29.8 Å². The number of hydroxylamine groups is 1. The van der Waals surface area contributed by atoms with E-state index in [9.17, 15) is 22.4 Å². The van der Waals surface area contributed by atoms with Crippen molar-refractivity contribution in [2.45, 2.75) is 25.1 Å². The number of nitrogens with zero attached hydrogens (tertiary/aromatic N) is 1. The third-order valence-corrected chi connectivity index (χ3v) is 5.44. The van der Waals surface area contributed by atoms with Crippen LogP contribution in [0.4, 0.5) is 4.39 Å². The molecule has 7 nitrogen and oxygen atoms in total. The molecule has 0 spiro atoms. The predicted molar refractivity (Wildman–Crippen MR) is 94.0 cm³/mol. The molecule has 0 aliphatic rings. The maximum atomic E-state index is 14.4. The van der Waals surface area contributed by atoms with Crippen molar-refractivity contribution in [2.75, 3.05) is 6.26 Å². The van der Waals surface area contributed by atoms with Crippen LogP contribution in [-0.4, -0.2) is 35.6 Å². The van der Waals surface area contributed by atoms with Gasteiger partial charge in [-0.15, -0.1) is 0 Å². The number of sulfone groups is 1. The molecule has 2 N–H and O–H groups in total. The summed E-state index contributed by atoms with van der Waals surface area (Å²) in [5, 5.41) is 7.11. The Balaban J connectivity index is 2.31. The van der Waals surface area contributed by atoms with E-state index < -0.39 is 32.4 Å². The molecule has 0 bridgehead atoms. The van der Waals surface area contributed by atoms with Gasteiger partial charge in [0.1, 0.15) is 11.1 Å². The SMILES string of the molecule is Cc1cccc(-c2cc(=O)n(CCC(C(=O)NO)S(C)(=O)=O)cc2F)c1. The molecule has 2 rings (SSSR count). The monoisotopic (exact) mass is 382 g/mol. The van der Waals surface area contributed by atoms with E-state index in [4.69, 9.17) is 5.21 Å². The number of pyridine rings is 1. The van der Waals surface area contributed by atoms with Gasteiger partial charge in [-0.2, -0.15) is 0 Å². The summed E-state index contributed by atoms with van der Waals surface area (Å²) in [7, 11) is -3.81. The lowest BCUT2D eigenvalue weighted by molar-refractivity contribution is -0.128. The molecular weight excluding hydrogens is 363 g/mol. The number of rotatable bonds is 6. The highest BCUT2D eigenvalue weighted by Gasteiger charge is 2.28. The summed E-state index contributed by atoms with van der Waals surface area (Å²) < 4.78 is 38.7. The summed E-state index contributed by atoms with van der Waals surface area (Å²) in [6, 6.07) is 8.15. The van der Waals surface area contributed by atoms with E-state index in [1.54, 1.807) is 18.2 Å². The minimum atomic E-state index is -3.81. The Kier molecular flexibility index (Phi) is 5.94. The van der Waals surface area contributed by atoms with Crippen molar-refractivity contribution in [3.8, 4) is 11.1 Å². The van der Waals surface area contributed by atoms with Gasteiger partial charge in [0.05, 0.1) is 0 Å². The van der Waals surface area contributed by atoms with Crippen molar-refractivity contribution >= 4 is 15.7 Å². The molecule has 0 aliphatic heterocycles. The lowest BCUT2D eigenvalue weighted by Gasteiger charge is -2.14. The Morgan fingerprint density at radius 1 is 1.35 bits per heavy atom. The average molecular weight is 382 g/mol. The number of aryl methyl sites for hydroxylation is 2. The lowest BCUT2D eigenvalue weighted by Crippen LogP contribution is -2.39. The summed E-state index contributed by atoms with van der Waals surface area (Å²) in [5.41, 5.74) is 2.37. The Labute approximate surface area is 150 Å². The number of carbonyl (C=O) groups excluding carboxylic acids is 1. The first-order valence-electron chi connectivity index (χ1n) is 7.73. The normalized spacial score (nSPS) is 12.6. The van der Waals surface area contributed by atoms with Crippen LogP contribution in [0.3, 0.4) is 0 Å². The van der Waals surface area contributed by atoms with E-state index in [0.29, 0.717) is 5.56 Å². The second kappa shape index (κ2) is 7.79. The van der Waals surface area contributed by atoms with Gasteiger partial charge in [0.2, 0.25) is 0 Å². The molecule has 26 heavy (non-hydrogen) atoms. The molecule has 1 heterocycles. The fourth-order valence-corrected chi connectivity index (χ4v) is 3.60. The van der Waals surface area contributed by atoms with Crippen molar-refractivity contribution in [3.63, 3.8) is 0 Å². The summed E-state index contributed by atoms with van der Waals surface area (Å²) >= 11 is 0. The number of halogens is 1. The second-order valence-corrected chi connectivity index (χ2v) is 8.25. The van der Waals surface area contributed by atoms with Gasteiger partial charge >= 0.3 is 0 Å². The van der Waals surface area contributed by atoms with Crippen LogP contribution in [0.15, 0.2) is 41.3 Å². The fourth-order valence-electron chi connectivity index (χ4n) is 2.62. The highest BCUT2D eigenvalue weighted by atomic mass is 32.2. The van der Waals surface area contributed by atoms with Gasteiger partial charge in [0.15, 0.2) is 9.84 Å². The van der Waals surface area contributed by atoms with Crippen LogP contribution in [0.5, 0.6) is 0 Å². The topological polar surface area (TPSA) is 105 Å². The number of benzene rings is 1. The van der Waals surface area contributed by atoms with Crippen molar-refractivity contribution < 1.29 is 22.8 Å². The molecule has 9 heteroatoms. The van der Waals surface area contributed by atoms with Crippen LogP contribution in [0, 0.1) is 12.7 Å². The quantitative estimate of drug-likeness (QED) is 0.578. The van der Waals surface area contributed by atoms with Crippen LogP contribution in [0.25, 0.3) is 11.1 Å². The molecule has 1 unspecified atom stereocenters. The predicted octanol–water partition coefficient (Wildman–Crippen LogP) is 1.27. The minimum absolute atomic E-state index is 0.141. The Morgan fingerprint density at radius 3 is 2.62 bits per heavy atom. The lowest BCUT2D eigenvalue weighted by atomic mass is 10.0. The molecule has 0 saturated carbocycles. The molecule has 0 saturated heterocycles. The molecule has 2 aromatic rings. The number of nitrogens with one attached hydrogen (secondary N) is 1. The zero-order valence-corrected chi connectivity index (χ0v) is 15.1. The van der Waals surface area contributed by atoms with Crippen molar-refractivity contribution in [1.82, 2.24) is 10.0 Å². The van der Waals surface area contributed by atoms with Crippen LogP contribution < -0.4 is 11.0 Å². The van der Waals surface area contributed by atoms with Gasteiger partial charge in [-0.3, -0.25) is 14.8 Å². The molecule has 1 atom stereocenters. The zero-order valence-electron chi connectivity index (χ0n) is 14.3. The highest BCUT2D eigenvalue weighted by molar-refractivity contribution is 7.92. The van der Waals surface area contributed by atoms with Gasteiger partial charge in [-0.25, -0.2) is 18.3 Å². The van der Waals surface area contributed by atoms with Crippen molar-refractivity contribution in [3.05, 3.63) is 58.3 Å². The summed E-state index contributed by atoms with van der Waals surface area (Å²) in [5.74, 6) is -1.74. The number of aromatic nitrogens is 1. The molecule has 1 amide bonds. The third kappa shape index (κ3) is 4.55. The number of hydrogen-bond acceptors (Lipinski definition) is 5. The maximum Gasteiger partial charge on any atom is 0.261 e. The first kappa shape index (κ1) is 19.8. The number of hydrogen-bond donors (Lipinski definition) is 2. The molecular formula is C17H19FN2O5S. The smallest absolute Gasteiger partial charge is 0.261 e. The van der Waals surface area contributed by atoms with Crippen LogP contribution in [0.2, 0.25) is 0 Å². The third-order valence-electron chi connectivity index (χ3n) is 3.96. The highest BCUT2D eigenvalue weighted by Crippen LogP contribution is 2.22. The standard InChI is InChI=1S/C17H19FN2O5S/c1-11-4-3-5-12(8-11)13-9-16(21)20(10-14(13)18)7-6-15(17(22)19-23)26(2,24)25/h3-5,8-10,15,23H,6-7H2,1-2H3,(H,19,22). The second-order valence-electron chi connectivity index (χ2n) is 6.02. The largest absolute Gasteiger partial charge is 0.312 e. The molecule has 140 valence electrons. The van der Waals surface area contributed by atoms with Gasteiger partial charge in [0.25, 0.3) is 11.5 Å². The molecule has 0 radical (unpaired) electrons. The Morgan fingerprint density at radius 2 is 2.04 bits per heavy atom. The minimum Gasteiger partial charge on any atom is -0.312 e. The molecule has 0 fully saturated rings. The molecule has 1 aromatic carbocycles. The van der Waals surface area contributed by atoms with Crippen LogP contribution in [0.1, 0.15) is 12.0 Å².